The molecule has 194 valence electrons. The zero-order valence-electron chi connectivity index (χ0n) is 19.9. The lowest BCUT2D eigenvalue weighted by atomic mass is 9.98. The van der Waals surface area contributed by atoms with Crippen molar-refractivity contribution in [1.29, 1.82) is 0 Å². The number of alkyl halides is 3. The number of aromatic hydroxyl groups is 1. The van der Waals surface area contributed by atoms with Crippen LogP contribution in [0.1, 0.15) is 16.7 Å². The standard InChI is InChI=1S/C24H21F5N6OS/c1-33(17-6-4-5-12-11-35(37-3)8-7-13(12)17)23-30-10-15-20(32-34(2)22(15)31-23)14-9-16(24(27,28)29)19(26)21(36)18(14)25/h4-6,9-10,36H,7-8,11H2,1-3H3. The van der Waals surface area contributed by atoms with Gasteiger partial charge in [0.25, 0.3) is 0 Å². The first-order valence-corrected chi connectivity index (χ1v) is 12.3. The summed E-state index contributed by atoms with van der Waals surface area (Å²) in [6, 6.07) is 6.29. The first-order chi connectivity index (χ1) is 17.5. The van der Waals surface area contributed by atoms with Crippen LogP contribution in [0.3, 0.4) is 0 Å². The number of fused-ring (bicyclic) bond motifs is 2. The molecule has 0 aliphatic carbocycles. The van der Waals surface area contributed by atoms with E-state index in [1.165, 1.54) is 29.1 Å². The fraction of sp³-hybridized carbons (Fsp3) is 0.292. The van der Waals surface area contributed by atoms with Crippen LogP contribution < -0.4 is 4.90 Å². The SMILES string of the molecule is CSN1CCc2c(cccc2N(C)c2ncc3c(-c4cc(C(F)(F)F)c(F)c(O)c4F)nn(C)c3n2)C1. The average molecular weight is 537 g/mol. The minimum absolute atomic E-state index is 0.142. The van der Waals surface area contributed by atoms with E-state index >= 15 is 0 Å². The van der Waals surface area contributed by atoms with Crippen molar-refractivity contribution in [3.05, 3.63) is 58.8 Å². The van der Waals surface area contributed by atoms with Gasteiger partial charge >= 0.3 is 6.18 Å². The van der Waals surface area contributed by atoms with Crippen molar-refractivity contribution in [1.82, 2.24) is 24.1 Å². The Labute approximate surface area is 212 Å². The minimum Gasteiger partial charge on any atom is -0.503 e. The second-order valence-corrected chi connectivity index (χ2v) is 9.48. The van der Waals surface area contributed by atoms with Gasteiger partial charge in [-0.3, -0.25) is 0 Å². The van der Waals surface area contributed by atoms with E-state index in [-0.39, 0.29) is 16.7 Å². The van der Waals surface area contributed by atoms with Crippen LogP contribution >= 0.6 is 11.9 Å². The van der Waals surface area contributed by atoms with Crippen molar-refractivity contribution in [2.75, 3.05) is 24.7 Å². The van der Waals surface area contributed by atoms with Gasteiger partial charge in [0.1, 0.15) is 5.69 Å². The second kappa shape index (κ2) is 9.14. The van der Waals surface area contributed by atoms with Crippen LogP contribution in [0.5, 0.6) is 5.75 Å². The van der Waals surface area contributed by atoms with Gasteiger partial charge in [-0.1, -0.05) is 24.1 Å². The highest BCUT2D eigenvalue weighted by atomic mass is 32.2. The van der Waals surface area contributed by atoms with E-state index < -0.39 is 34.7 Å². The Morgan fingerprint density at radius 3 is 2.62 bits per heavy atom. The quantitative estimate of drug-likeness (QED) is 0.275. The van der Waals surface area contributed by atoms with E-state index in [9.17, 15) is 27.1 Å². The summed E-state index contributed by atoms with van der Waals surface area (Å²) in [5, 5.41) is 14.0. The Hall–Kier alpha value is -3.45. The molecule has 0 spiro atoms. The number of hydrogen-bond donors (Lipinski definition) is 1. The Morgan fingerprint density at radius 2 is 1.92 bits per heavy atom. The van der Waals surface area contributed by atoms with Gasteiger partial charge in [-0.25, -0.2) is 22.8 Å². The highest BCUT2D eigenvalue weighted by Crippen LogP contribution is 2.41. The highest BCUT2D eigenvalue weighted by Gasteiger charge is 2.38. The van der Waals surface area contributed by atoms with Gasteiger partial charge in [-0.2, -0.15) is 23.3 Å². The molecule has 7 nitrogen and oxygen atoms in total. The number of nitrogens with zero attached hydrogens (tertiary/aromatic N) is 6. The molecule has 0 saturated heterocycles. The maximum Gasteiger partial charge on any atom is 0.419 e. The monoisotopic (exact) mass is 536 g/mol. The summed E-state index contributed by atoms with van der Waals surface area (Å²) < 4.78 is 72.2. The molecule has 0 atom stereocenters. The van der Waals surface area contributed by atoms with Crippen LogP contribution in [0, 0.1) is 11.6 Å². The van der Waals surface area contributed by atoms with Crippen LogP contribution in [-0.4, -0.2) is 49.0 Å². The number of aryl methyl sites for hydroxylation is 1. The summed E-state index contributed by atoms with van der Waals surface area (Å²) in [4.78, 5) is 10.7. The molecule has 2 aromatic heterocycles. The molecule has 5 rings (SSSR count). The smallest absolute Gasteiger partial charge is 0.419 e. The lowest BCUT2D eigenvalue weighted by Gasteiger charge is -2.30. The number of hydrogen-bond acceptors (Lipinski definition) is 7. The first-order valence-electron chi connectivity index (χ1n) is 11.1. The van der Waals surface area contributed by atoms with Crippen molar-refractivity contribution < 1.29 is 27.1 Å². The topological polar surface area (TPSA) is 70.3 Å². The number of phenolic OH excluding ortho intramolecular Hbond substituents is 1. The lowest BCUT2D eigenvalue weighted by Crippen LogP contribution is -2.26. The zero-order valence-corrected chi connectivity index (χ0v) is 20.8. The van der Waals surface area contributed by atoms with Gasteiger partial charge in [0, 0.05) is 44.6 Å². The van der Waals surface area contributed by atoms with Gasteiger partial charge in [0.05, 0.1) is 10.9 Å². The molecule has 2 aromatic carbocycles. The number of benzene rings is 2. The number of phenols is 1. The number of rotatable bonds is 4. The van der Waals surface area contributed by atoms with Gasteiger partial charge in [-0.15, -0.1) is 0 Å². The van der Waals surface area contributed by atoms with Crippen molar-refractivity contribution in [2.24, 2.45) is 7.05 Å². The zero-order chi connectivity index (χ0) is 26.6. The van der Waals surface area contributed by atoms with Crippen molar-refractivity contribution in [3.63, 3.8) is 0 Å². The number of aromatic nitrogens is 4. The van der Waals surface area contributed by atoms with E-state index in [0.717, 1.165) is 25.2 Å². The molecule has 13 heteroatoms. The molecule has 0 amide bonds. The van der Waals surface area contributed by atoms with Crippen LogP contribution in [-0.2, 0) is 26.2 Å². The molecule has 1 aliphatic heterocycles. The molecule has 4 aromatic rings. The Morgan fingerprint density at radius 1 is 1.16 bits per heavy atom. The molecular weight excluding hydrogens is 515 g/mol. The molecule has 37 heavy (non-hydrogen) atoms. The Balaban J connectivity index is 1.59. The fourth-order valence-electron chi connectivity index (χ4n) is 4.53. The van der Waals surface area contributed by atoms with Gasteiger partial charge in [0.2, 0.25) is 5.95 Å². The third kappa shape index (κ3) is 4.25. The fourth-order valence-corrected chi connectivity index (χ4v) is 5.07. The third-order valence-electron chi connectivity index (χ3n) is 6.43. The molecule has 0 fully saturated rings. The Bertz CT molecular complexity index is 1520. The average Bonchev–Trinajstić information content (AvgIpc) is 3.20. The van der Waals surface area contributed by atoms with Gasteiger partial charge < -0.3 is 10.0 Å². The maximum absolute atomic E-state index is 14.7. The van der Waals surface area contributed by atoms with E-state index in [1.807, 2.05) is 30.3 Å². The summed E-state index contributed by atoms with van der Waals surface area (Å²) in [6.45, 7) is 1.69. The van der Waals surface area contributed by atoms with Crippen LogP contribution in [0.4, 0.5) is 33.6 Å². The van der Waals surface area contributed by atoms with Crippen molar-refractivity contribution >= 4 is 34.6 Å². The van der Waals surface area contributed by atoms with Crippen LogP contribution in [0.2, 0.25) is 0 Å². The van der Waals surface area contributed by atoms with Crippen LogP contribution in [0.25, 0.3) is 22.3 Å². The van der Waals surface area contributed by atoms with Crippen molar-refractivity contribution in [2.45, 2.75) is 19.1 Å². The molecule has 3 heterocycles. The summed E-state index contributed by atoms with van der Waals surface area (Å²) in [6.07, 6.45) is -0.948. The molecule has 0 saturated carbocycles. The minimum atomic E-state index is -5.15. The normalized spacial score (nSPS) is 14.3. The maximum atomic E-state index is 14.7. The first kappa shape index (κ1) is 25.2. The van der Waals surface area contributed by atoms with Crippen molar-refractivity contribution in [3.8, 4) is 17.0 Å². The van der Waals surface area contributed by atoms with Crippen LogP contribution in [0.15, 0.2) is 30.5 Å². The van der Waals surface area contributed by atoms with E-state index in [4.69, 9.17) is 0 Å². The predicted molar refractivity (Wildman–Crippen MR) is 130 cm³/mol. The summed E-state index contributed by atoms with van der Waals surface area (Å²) in [5.41, 5.74) is 0.753. The largest absolute Gasteiger partial charge is 0.503 e. The third-order valence-corrected chi connectivity index (χ3v) is 7.26. The molecule has 0 bridgehead atoms. The predicted octanol–water partition coefficient (Wildman–Crippen LogP) is 5.44. The lowest BCUT2D eigenvalue weighted by molar-refractivity contribution is -0.140. The summed E-state index contributed by atoms with van der Waals surface area (Å²) in [7, 11) is 3.30. The Kier molecular flexibility index (Phi) is 6.23. The molecular formula is C24H21F5N6OS. The molecule has 1 aliphatic rings. The van der Waals surface area contributed by atoms with E-state index in [2.05, 4.69) is 25.4 Å². The number of anilines is 2. The van der Waals surface area contributed by atoms with Gasteiger partial charge in [0.15, 0.2) is 23.0 Å². The second-order valence-electron chi connectivity index (χ2n) is 8.60. The summed E-state index contributed by atoms with van der Waals surface area (Å²) in [5.74, 6) is -5.06. The summed E-state index contributed by atoms with van der Waals surface area (Å²) >= 11 is 1.69. The molecule has 1 N–H and O–H groups in total. The number of halogens is 5. The van der Waals surface area contributed by atoms with E-state index in [0.29, 0.717) is 12.0 Å². The highest BCUT2D eigenvalue weighted by molar-refractivity contribution is 7.96. The molecule has 0 unspecified atom stereocenters. The van der Waals surface area contributed by atoms with Gasteiger partial charge in [-0.05, 0) is 35.9 Å². The molecule has 0 radical (unpaired) electrons. The van der Waals surface area contributed by atoms with E-state index in [1.54, 1.807) is 11.9 Å².